The van der Waals surface area contributed by atoms with Gasteiger partial charge in [0.25, 0.3) is 0 Å². The molecule has 1 unspecified atom stereocenters. The van der Waals surface area contributed by atoms with Crippen LogP contribution >= 0.6 is 0 Å². The summed E-state index contributed by atoms with van der Waals surface area (Å²) in [6, 6.07) is 9.27. The highest BCUT2D eigenvalue weighted by Gasteiger charge is 2.36. The van der Waals surface area contributed by atoms with E-state index in [1.54, 1.807) is 29.2 Å². The molecule has 136 valence electrons. The summed E-state index contributed by atoms with van der Waals surface area (Å²) in [6.45, 7) is 1.51. The van der Waals surface area contributed by atoms with Crippen molar-refractivity contribution in [3.63, 3.8) is 0 Å². The summed E-state index contributed by atoms with van der Waals surface area (Å²) in [7, 11) is 1.76. The second-order valence-electron chi connectivity index (χ2n) is 6.64. The fourth-order valence-electron chi connectivity index (χ4n) is 3.38. The first-order valence-corrected chi connectivity index (χ1v) is 8.54. The molecule has 1 aromatic carbocycles. The fraction of sp³-hybridized carbons (Fsp3) is 0.368. The highest BCUT2D eigenvalue weighted by atomic mass is 16.7. The molecule has 2 amide bonds. The van der Waals surface area contributed by atoms with E-state index < -0.39 is 0 Å². The SMILES string of the molecule is CN(Cc1ccc2c(c1)OCO2)C(=O)C1CC(=O)N(Cc2ccco2)C1. The quantitative estimate of drug-likeness (QED) is 0.820. The van der Waals surface area contributed by atoms with Crippen molar-refractivity contribution in [2.24, 2.45) is 5.92 Å². The third-order valence-corrected chi connectivity index (χ3v) is 4.72. The van der Waals surface area contributed by atoms with Gasteiger partial charge in [-0.1, -0.05) is 6.07 Å². The van der Waals surface area contributed by atoms with Crippen LogP contribution in [0.15, 0.2) is 41.0 Å². The van der Waals surface area contributed by atoms with E-state index in [1.165, 1.54) is 0 Å². The maximum absolute atomic E-state index is 12.7. The zero-order valence-corrected chi connectivity index (χ0v) is 14.5. The van der Waals surface area contributed by atoms with Gasteiger partial charge in [0.15, 0.2) is 11.5 Å². The number of likely N-dealkylation sites (tertiary alicyclic amines) is 1. The number of ether oxygens (including phenoxy) is 2. The zero-order chi connectivity index (χ0) is 18.1. The van der Waals surface area contributed by atoms with Crippen molar-refractivity contribution in [1.29, 1.82) is 0 Å². The molecule has 0 aliphatic carbocycles. The molecule has 0 bridgehead atoms. The van der Waals surface area contributed by atoms with E-state index in [1.807, 2.05) is 24.3 Å². The molecule has 2 aliphatic rings. The zero-order valence-electron chi connectivity index (χ0n) is 14.5. The predicted octanol–water partition coefficient (Wildman–Crippen LogP) is 2.02. The Morgan fingerprint density at radius 1 is 1.27 bits per heavy atom. The van der Waals surface area contributed by atoms with Crippen LogP contribution < -0.4 is 9.47 Å². The van der Waals surface area contributed by atoms with Crippen LogP contribution in [0, 0.1) is 5.92 Å². The number of furan rings is 1. The third kappa shape index (κ3) is 3.24. The molecule has 0 N–H and O–H groups in total. The van der Waals surface area contributed by atoms with E-state index in [-0.39, 0.29) is 30.9 Å². The van der Waals surface area contributed by atoms with Crippen LogP contribution in [0.4, 0.5) is 0 Å². The lowest BCUT2D eigenvalue weighted by atomic mass is 10.1. The summed E-state index contributed by atoms with van der Waals surface area (Å²) >= 11 is 0. The highest BCUT2D eigenvalue weighted by molar-refractivity contribution is 5.89. The Bertz CT molecular complexity index is 817. The van der Waals surface area contributed by atoms with Crippen molar-refractivity contribution in [2.45, 2.75) is 19.5 Å². The standard InChI is InChI=1S/C19H20N2O5/c1-20(9-13-4-5-16-17(7-13)26-12-25-16)19(23)14-8-18(22)21(10-14)11-15-3-2-6-24-15/h2-7,14H,8-12H2,1H3. The molecule has 1 saturated heterocycles. The molecule has 7 nitrogen and oxygen atoms in total. The molecule has 1 atom stereocenters. The molecular weight excluding hydrogens is 336 g/mol. The van der Waals surface area contributed by atoms with E-state index in [0.29, 0.717) is 25.4 Å². The lowest BCUT2D eigenvalue weighted by Crippen LogP contribution is -2.34. The molecule has 0 saturated carbocycles. The van der Waals surface area contributed by atoms with Crippen molar-refractivity contribution in [3.05, 3.63) is 47.9 Å². The third-order valence-electron chi connectivity index (χ3n) is 4.72. The van der Waals surface area contributed by atoms with Gasteiger partial charge in [0, 0.05) is 26.6 Å². The van der Waals surface area contributed by atoms with Crippen LogP contribution in [0.2, 0.25) is 0 Å². The Kier molecular flexibility index (Phi) is 4.28. The van der Waals surface area contributed by atoms with Crippen LogP contribution in [0.5, 0.6) is 11.5 Å². The van der Waals surface area contributed by atoms with Crippen LogP contribution in [0.1, 0.15) is 17.7 Å². The van der Waals surface area contributed by atoms with Gasteiger partial charge in [0.1, 0.15) is 5.76 Å². The first-order chi connectivity index (χ1) is 12.6. The molecular formula is C19H20N2O5. The Morgan fingerprint density at radius 3 is 2.92 bits per heavy atom. The molecule has 3 heterocycles. The summed E-state index contributed by atoms with van der Waals surface area (Å²) in [5.41, 5.74) is 0.960. The summed E-state index contributed by atoms with van der Waals surface area (Å²) in [5, 5.41) is 0. The van der Waals surface area contributed by atoms with E-state index >= 15 is 0 Å². The average molecular weight is 356 g/mol. The molecule has 1 fully saturated rings. The van der Waals surface area contributed by atoms with Crippen molar-refractivity contribution >= 4 is 11.8 Å². The fourth-order valence-corrected chi connectivity index (χ4v) is 3.38. The molecule has 2 aromatic rings. The number of nitrogens with zero attached hydrogens (tertiary/aromatic N) is 2. The number of carbonyl (C=O) groups excluding carboxylic acids is 2. The van der Waals surface area contributed by atoms with Gasteiger partial charge in [-0.3, -0.25) is 9.59 Å². The number of fused-ring (bicyclic) bond motifs is 1. The summed E-state index contributed by atoms with van der Waals surface area (Å²) in [6.07, 6.45) is 1.82. The van der Waals surface area contributed by atoms with E-state index in [9.17, 15) is 9.59 Å². The van der Waals surface area contributed by atoms with Gasteiger partial charge in [0.2, 0.25) is 18.6 Å². The topological polar surface area (TPSA) is 72.2 Å². The number of hydrogen-bond donors (Lipinski definition) is 0. The second kappa shape index (κ2) is 6.74. The maximum Gasteiger partial charge on any atom is 0.231 e. The number of benzene rings is 1. The minimum Gasteiger partial charge on any atom is -0.467 e. The number of carbonyl (C=O) groups is 2. The Morgan fingerprint density at radius 2 is 2.12 bits per heavy atom. The van der Waals surface area contributed by atoms with Gasteiger partial charge >= 0.3 is 0 Å². The summed E-state index contributed by atoms with van der Waals surface area (Å²) in [4.78, 5) is 28.3. The number of rotatable bonds is 5. The summed E-state index contributed by atoms with van der Waals surface area (Å²) < 4.78 is 16.0. The normalized spacial score (nSPS) is 18.4. The van der Waals surface area contributed by atoms with Crippen molar-refractivity contribution in [3.8, 4) is 11.5 Å². The monoisotopic (exact) mass is 356 g/mol. The highest BCUT2D eigenvalue weighted by Crippen LogP contribution is 2.33. The Hall–Kier alpha value is -2.96. The number of amides is 2. The molecule has 0 radical (unpaired) electrons. The molecule has 2 aliphatic heterocycles. The molecule has 26 heavy (non-hydrogen) atoms. The lowest BCUT2D eigenvalue weighted by molar-refractivity contribution is -0.135. The predicted molar refractivity (Wildman–Crippen MR) is 91.3 cm³/mol. The van der Waals surface area contributed by atoms with Crippen LogP contribution in [0.3, 0.4) is 0 Å². The minimum atomic E-state index is -0.323. The van der Waals surface area contributed by atoms with Crippen LogP contribution in [-0.4, -0.2) is 42.0 Å². The molecule has 1 aromatic heterocycles. The average Bonchev–Trinajstić information content (AvgIpc) is 3.36. The maximum atomic E-state index is 12.7. The second-order valence-corrected chi connectivity index (χ2v) is 6.64. The van der Waals surface area contributed by atoms with Gasteiger partial charge in [0.05, 0.1) is 18.7 Å². The molecule has 4 rings (SSSR count). The van der Waals surface area contributed by atoms with E-state index in [2.05, 4.69) is 0 Å². The van der Waals surface area contributed by atoms with Crippen LogP contribution in [-0.2, 0) is 22.7 Å². The first-order valence-electron chi connectivity index (χ1n) is 8.54. The van der Waals surface area contributed by atoms with E-state index in [4.69, 9.17) is 13.9 Å². The first kappa shape index (κ1) is 16.5. The number of hydrogen-bond acceptors (Lipinski definition) is 5. The van der Waals surface area contributed by atoms with Gasteiger partial charge in [-0.05, 0) is 29.8 Å². The van der Waals surface area contributed by atoms with Gasteiger partial charge < -0.3 is 23.7 Å². The largest absolute Gasteiger partial charge is 0.467 e. The Labute approximate surface area is 151 Å². The van der Waals surface area contributed by atoms with Gasteiger partial charge in [-0.25, -0.2) is 0 Å². The smallest absolute Gasteiger partial charge is 0.231 e. The van der Waals surface area contributed by atoms with Crippen molar-refractivity contribution in [2.75, 3.05) is 20.4 Å². The van der Waals surface area contributed by atoms with Gasteiger partial charge in [-0.15, -0.1) is 0 Å². The van der Waals surface area contributed by atoms with Crippen molar-refractivity contribution in [1.82, 2.24) is 9.80 Å². The Balaban J connectivity index is 1.37. The van der Waals surface area contributed by atoms with Crippen molar-refractivity contribution < 1.29 is 23.5 Å². The van der Waals surface area contributed by atoms with E-state index in [0.717, 1.165) is 17.1 Å². The van der Waals surface area contributed by atoms with Crippen LogP contribution in [0.25, 0.3) is 0 Å². The minimum absolute atomic E-state index is 0.0174. The molecule has 7 heteroatoms. The lowest BCUT2D eigenvalue weighted by Gasteiger charge is -2.21. The summed E-state index contributed by atoms with van der Waals surface area (Å²) in [5.74, 6) is 1.77. The molecule has 0 spiro atoms. The van der Waals surface area contributed by atoms with Gasteiger partial charge in [-0.2, -0.15) is 0 Å².